The number of nitrogens with one attached hydrogen (secondary N) is 1. The highest BCUT2D eigenvalue weighted by Crippen LogP contribution is 2.25. The third-order valence-corrected chi connectivity index (χ3v) is 6.07. The number of likely N-dealkylation sites (tertiary alicyclic amines) is 1. The van der Waals surface area contributed by atoms with E-state index in [9.17, 15) is 9.18 Å². The van der Waals surface area contributed by atoms with Crippen LogP contribution < -0.4 is 5.32 Å². The van der Waals surface area contributed by atoms with Crippen LogP contribution >= 0.6 is 27.3 Å². The first-order valence-electron chi connectivity index (χ1n) is 8.93. The van der Waals surface area contributed by atoms with Crippen LogP contribution in [-0.2, 0) is 11.3 Å². The van der Waals surface area contributed by atoms with E-state index in [-0.39, 0.29) is 17.5 Å². The fourth-order valence-corrected chi connectivity index (χ4v) is 4.18. The predicted octanol–water partition coefficient (Wildman–Crippen LogP) is 4.55. The van der Waals surface area contributed by atoms with E-state index in [1.54, 1.807) is 23.5 Å². The van der Waals surface area contributed by atoms with E-state index in [0.29, 0.717) is 35.6 Å². The molecule has 1 saturated heterocycles. The number of benzene rings is 1. The molecule has 2 aromatic heterocycles. The number of amides is 1. The van der Waals surface area contributed by atoms with Gasteiger partial charge in [0.05, 0.1) is 17.1 Å². The van der Waals surface area contributed by atoms with Crippen LogP contribution in [-0.4, -0.2) is 34.0 Å². The van der Waals surface area contributed by atoms with Gasteiger partial charge >= 0.3 is 0 Å². The second kappa shape index (κ2) is 8.50. The molecule has 3 aromatic rings. The Hall–Kier alpha value is -2.10. The zero-order chi connectivity index (χ0) is 19.5. The van der Waals surface area contributed by atoms with Gasteiger partial charge in [-0.15, -0.1) is 11.3 Å². The molecule has 9 heteroatoms. The average Bonchev–Trinajstić information content (AvgIpc) is 3.36. The number of hydrogen-bond donors (Lipinski definition) is 1. The van der Waals surface area contributed by atoms with E-state index < -0.39 is 5.82 Å². The summed E-state index contributed by atoms with van der Waals surface area (Å²) in [5.41, 5.74) is 0.211. The normalized spacial score (nSPS) is 15.6. The summed E-state index contributed by atoms with van der Waals surface area (Å²) in [7, 11) is 0. The zero-order valence-corrected chi connectivity index (χ0v) is 17.3. The minimum absolute atomic E-state index is 0.135. The van der Waals surface area contributed by atoms with Crippen molar-refractivity contribution >= 4 is 38.9 Å². The van der Waals surface area contributed by atoms with Gasteiger partial charge in [0.1, 0.15) is 5.82 Å². The molecule has 0 aliphatic carbocycles. The van der Waals surface area contributed by atoms with E-state index in [2.05, 4.69) is 36.3 Å². The van der Waals surface area contributed by atoms with Crippen LogP contribution in [0.25, 0.3) is 10.7 Å². The van der Waals surface area contributed by atoms with Gasteiger partial charge in [-0.3, -0.25) is 9.69 Å². The van der Waals surface area contributed by atoms with E-state index in [4.69, 9.17) is 4.52 Å². The Morgan fingerprint density at radius 1 is 1.36 bits per heavy atom. The van der Waals surface area contributed by atoms with Gasteiger partial charge in [0.2, 0.25) is 17.6 Å². The summed E-state index contributed by atoms with van der Waals surface area (Å²) in [4.78, 5) is 20.1. The first-order valence-corrected chi connectivity index (χ1v) is 10.6. The molecule has 0 bridgehead atoms. The molecule has 0 saturated carbocycles. The predicted molar refractivity (Wildman–Crippen MR) is 108 cm³/mol. The molecule has 0 atom stereocenters. The van der Waals surface area contributed by atoms with Gasteiger partial charge in [-0.1, -0.05) is 27.2 Å². The quantitative estimate of drug-likeness (QED) is 0.599. The number of carbonyl (C=O) groups excluding carboxylic acids is 1. The summed E-state index contributed by atoms with van der Waals surface area (Å²) in [5.74, 6) is 0.458. The average molecular weight is 465 g/mol. The van der Waals surface area contributed by atoms with Crippen LogP contribution in [0.2, 0.25) is 0 Å². The molecule has 4 rings (SSSR count). The maximum absolute atomic E-state index is 13.9. The molecule has 28 heavy (non-hydrogen) atoms. The van der Waals surface area contributed by atoms with E-state index in [1.165, 1.54) is 6.07 Å². The third-order valence-electron chi connectivity index (χ3n) is 4.72. The minimum atomic E-state index is -0.446. The number of halogens is 2. The maximum Gasteiger partial charge on any atom is 0.241 e. The second-order valence-electron chi connectivity index (χ2n) is 6.65. The molecule has 0 radical (unpaired) electrons. The number of hydrogen-bond acceptors (Lipinski definition) is 6. The lowest BCUT2D eigenvalue weighted by atomic mass is 9.96. The molecule has 1 N–H and O–H groups in total. The number of rotatable bonds is 5. The van der Waals surface area contributed by atoms with Crippen molar-refractivity contribution in [2.24, 2.45) is 5.92 Å². The minimum Gasteiger partial charge on any atom is -0.338 e. The SMILES string of the molecule is O=C(Nc1ccc(Br)cc1F)C1CCN(Cc2nc(-c3cccs3)no2)CC1. The topological polar surface area (TPSA) is 71.3 Å². The maximum atomic E-state index is 13.9. The van der Waals surface area contributed by atoms with Crippen LogP contribution in [0, 0.1) is 11.7 Å². The number of nitrogens with zero attached hydrogens (tertiary/aromatic N) is 3. The molecule has 1 aliphatic rings. The van der Waals surface area contributed by atoms with E-state index >= 15 is 0 Å². The Labute approximate surface area is 173 Å². The van der Waals surface area contributed by atoms with Gasteiger partial charge in [-0.2, -0.15) is 4.98 Å². The fraction of sp³-hybridized carbons (Fsp3) is 0.316. The first-order chi connectivity index (χ1) is 13.6. The van der Waals surface area contributed by atoms with Gasteiger partial charge in [-0.25, -0.2) is 4.39 Å². The number of aromatic nitrogens is 2. The van der Waals surface area contributed by atoms with E-state index in [0.717, 1.165) is 18.0 Å². The van der Waals surface area contributed by atoms with Crippen LogP contribution in [0.3, 0.4) is 0 Å². The van der Waals surface area contributed by atoms with Crippen molar-refractivity contribution in [3.8, 4) is 10.7 Å². The highest BCUT2D eigenvalue weighted by Gasteiger charge is 2.26. The van der Waals surface area contributed by atoms with Gasteiger partial charge in [-0.05, 0) is 55.6 Å². The fourth-order valence-electron chi connectivity index (χ4n) is 3.20. The number of thiophene rings is 1. The van der Waals surface area contributed by atoms with Crippen LogP contribution in [0.4, 0.5) is 10.1 Å². The van der Waals surface area contributed by atoms with Crippen molar-refractivity contribution in [2.75, 3.05) is 18.4 Å². The first kappa shape index (κ1) is 19.2. The molecular weight excluding hydrogens is 447 g/mol. The monoisotopic (exact) mass is 464 g/mol. The second-order valence-corrected chi connectivity index (χ2v) is 8.52. The van der Waals surface area contributed by atoms with Crippen molar-refractivity contribution in [3.63, 3.8) is 0 Å². The van der Waals surface area contributed by atoms with Crippen molar-refractivity contribution in [3.05, 3.63) is 51.9 Å². The van der Waals surface area contributed by atoms with Crippen molar-refractivity contribution in [1.29, 1.82) is 0 Å². The summed E-state index contributed by atoms with van der Waals surface area (Å²) in [5, 5.41) is 8.69. The van der Waals surface area contributed by atoms with Crippen LogP contribution in [0.15, 0.2) is 44.7 Å². The molecular formula is C19H18BrFN4O2S. The summed E-state index contributed by atoms with van der Waals surface area (Å²) in [6, 6.07) is 8.51. The lowest BCUT2D eigenvalue weighted by Crippen LogP contribution is -2.37. The number of anilines is 1. The summed E-state index contributed by atoms with van der Waals surface area (Å²) in [6.45, 7) is 2.06. The Morgan fingerprint density at radius 3 is 2.89 bits per heavy atom. The smallest absolute Gasteiger partial charge is 0.241 e. The highest BCUT2D eigenvalue weighted by molar-refractivity contribution is 9.10. The third kappa shape index (κ3) is 4.48. The van der Waals surface area contributed by atoms with Crippen molar-refractivity contribution in [1.82, 2.24) is 15.0 Å². The standard InChI is InChI=1S/C19H18BrFN4O2S/c20-13-3-4-15(14(21)10-13)22-19(26)12-5-7-25(8-6-12)11-17-23-18(24-27-17)16-2-1-9-28-16/h1-4,9-10,12H,5-8,11H2,(H,22,26). The number of piperidine rings is 1. The van der Waals surface area contributed by atoms with Gasteiger partial charge in [0.15, 0.2) is 0 Å². The Balaban J connectivity index is 1.29. The molecule has 1 aromatic carbocycles. The summed E-state index contributed by atoms with van der Waals surface area (Å²) >= 11 is 4.78. The lowest BCUT2D eigenvalue weighted by Gasteiger charge is -2.30. The van der Waals surface area contributed by atoms with E-state index in [1.807, 2.05) is 17.5 Å². The largest absolute Gasteiger partial charge is 0.338 e. The Kier molecular flexibility index (Phi) is 5.84. The molecule has 0 spiro atoms. The molecule has 3 heterocycles. The summed E-state index contributed by atoms with van der Waals surface area (Å²) in [6.07, 6.45) is 1.41. The summed E-state index contributed by atoms with van der Waals surface area (Å²) < 4.78 is 19.9. The number of carbonyl (C=O) groups is 1. The van der Waals surface area contributed by atoms with Gasteiger partial charge in [0, 0.05) is 10.4 Å². The zero-order valence-electron chi connectivity index (χ0n) is 14.9. The Bertz CT molecular complexity index is 955. The van der Waals surface area contributed by atoms with Crippen LogP contribution in [0.1, 0.15) is 18.7 Å². The molecule has 6 nitrogen and oxygen atoms in total. The Morgan fingerprint density at radius 2 is 2.18 bits per heavy atom. The molecule has 146 valence electrons. The van der Waals surface area contributed by atoms with Crippen molar-refractivity contribution < 1.29 is 13.7 Å². The molecule has 1 amide bonds. The molecule has 1 aliphatic heterocycles. The van der Waals surface area contributed by atoms with Crippen LogP contribution in [0.5, 0.6) is 0 Å². The molecule has 0 unspecified atom stereocenters. The molecule has 1 fully saturated rings. The van der Waals surface area contributed by atoms with Gasteiger partial charge < -0.3 is 9.84 Å². The highest BCUT2D eigenvalue weighted by atomic mass is 79.9. The van der Waals surface area contributed by atoms with Gasteiger partial charge in [0.25, 0.3) is 0 Å². The lowest BCUT2D eigenvalue weighted by molar-refractivity contribution is -0.121. The van der Waals surface area contributed by atoms with Crippen molar-refractivity contribution in [2.45, 2.75) is 19.4 Å².